The highest BCUT2D eigenvalue weighted by Crippen LogP contribution is 2.36. The Hall–Kier alpha value is -3.96. The topological polar surface area (TPSA) is 124 Å². The fourth-order valence-electron chi connectivity index (χ4n) is 5.09. The number of methoxy groups -OCH3 is 1. The Labute approximate surface area is 226 Å². The normalized spacial score (nSPS) is 17.7. The number of aryl methyl sites for hydroxylation is 2. The van der Waals surface area contributed by atoms with E-state index in [0.717, 1.165) is 22.3 Å². The molecule has 1 aromatic heterocycles. The van der Waals surface area contributed by atoms with Crippen LogP contribution >= 0.6 is 0 Å². The maximum absolute atomic E-state index is 13.6. The Morgan fingerprint density at radius 3 is 2.69 bits per heavy atom. The van der Waals surface area contributed by atoms with Crippen LogP contribution in [0.5, 0.6) is 11.5 Å². The number of carboxylic acid groups (broad SMARTS) is 1. The van der Waals surface area contributed by atoms with Crippen molar-refractivity contribution in [2.24, 2.45) is 7.05 Å². The molecule has 5 rings (SSSR count). The predicted octanol–water partition coefficient (Wildman–Crippen LogP) is 3.86. The number of fused-ring (bicyclic) bond motifs is 2. The van der Waals surface area contributed by atoms with Gasteiger partial charge in [0.1, 0.15) is 33.5 Å². The first-order valence-corrected chi connectivity index (χ1v) is 14.0. The predicted molar refractivity (Wildman–Crippen MR) is 144 cm³/mol. The molecule has 4 aromatic rings. The number of carbonyl (C=O) groups is 1. The lowest BCUT2D eigenvalue weighted by molar-refractivity contribution is -0.137. The summed E-state index contributed by atoms with van der Waals surface area (Å²) in [4.78, 5) is 12.1. The van der Waals surface area contributed by atoms with Gasteiger partial charge in [0.2, 0.25) is 10.0 Å². The summed E-state index contributed by atoms with van der Waals surface area (Å²) >= 11 is 0. The lowest BCUT2D eigenvalue weighted by Crippen LogP contribution is -2.35. The van der Waals surface area contributed by atoms with Gasteiger partial charge >= 0.3 is 5.97 Å². The first-order valence-electron chi connectivity index (χ1n) is 12.5. The smallest absolute Gasteiger partial charge is 0.304 e. The average Bonchev–Trinajstić information content (AvgIpc) is 3.24. The molecule has 204 valence electrons. The lowest BCUT2D eigenvalue weighted by atomic mass is 9.86. The van der Waals surface area contributed by atoms with Crippen molar-refractivity contribution in [3.8, 4) is 11.5 Å². The van der Waals surface area contributed by atoms with Crippen molar-refractivity contribution in [3.63, 3.8) is 0 Å². The van der Waals surface area contributed by atoms with Crippen molar-refractivity contribution < 1.29 is 27.8 Å². The molecule has 0 amide bonds. The van der Waals surface area contributed by atoms with E-state index in [9.17, 15) is 18.3 Å². The Morgan fingerprint density at radius 2 is 1.95 bits per heavy atom. The van der Waals surface area contributed by atoms with Crippen molar-refractivity contribution in [2.45, 2.75) is 43.7 Å². The second kappa shape index (κ2) is 10.3. The van der Waals surface area contributed by atoms with Crippen LogP contribution in [-0.4, -0.2) is 58.6 Å². The van der Waals surface area contributed by atoms with Gasteiger partial charge in [0, 0.05) is 19.5 Å². The van der Waals surface area contributed by atoms with Crippen molar-refractivity contribution in [1.82, 2.24) is 19.3 Å². The van der Waals surface area contributed by atoms with Crippen molar-refractivity contribution in [3.05, 3.63) is 76.9 Å². The molecule has 0 aliphatic carbocycles. The summed E-state index contributed by atoms with van der Waals surface area (Å²) in [6.45, 7) is 4.06. The molecule has 0 radical (unpaired) electrons. The largest absolute Gasteiger partial charge is 0.494 e. The number of carboxylic acids is 1. The minimum Gasteiger partial charge on any atom is -0.494 e. The van der Waals surface area contributed by atoms with E-state index in [4.69, 9.17) is 9.47 Å². The van der Waals surface area contributed by atoms with E-state index in [1.165, 1.54) is 4.31 Å². The van der Waals surface area contributed by atoms with Crippen LogP contribution in [0.15, 0.2) is 59.5 Å². The first-order chi connectivity index (χ1) is 18.6. The number of sulfonamides is 1. The van der Waals surface area contributed by atoms with Crippen LogP contribution in [0.25, 0.3) is 11.0 Å². The van der Waals surface area contributed by atoms with Crippen LogP contribution in [0.1, 0.15) is 41.5 Å². The number of para-hydroxylation sites is 1. The number of rotatable bonds is 7. The van der Waals surface area contributed by atoms with Crippen molar-refractivity contribution in [2.75, 3.05) is 13.7 Å². The zero-order valence-electron chi connectivity index (χ0n) is 22.2. The van der Waals surface area contributed by atoms with Gasteiger partial charge in [-0.15, -0.1) is 5.10 Å². The number of ether oxygens (including phenoxy) is 2. The summed E-state index contributed by atoms with van der Waals surface area (Å²) in [5.74, 6) is -0.599. The van der Waals surface area contributed by atoms with Crippen LogP contribution in [0.3, 0.4) is 0 Å². The quantitative estimate of drug-likeness (QED) is 0.368. The van der Waals surface area contributed by atoms with Crippen molar-refractivity contribution in [1.29, 1.82) is 0 Å². The summed E-state index contributed by atoms with van der Waals surface area (Å²) in [5, 5.41) is 18.1. The summed E-state index contributed by atoms with van der Waals surface area (Å²) in [7, 11) is -0.511. The standard InChI is InChI=1S/C28H30N4O6S/c1-17-9-10-19(22(14-27(33)34)20-12-23-28(25(13-20)37-4)31(3)30-29-23)11-21(17)16-32-15-18(2)38-24-7-5-6-8-26(24)39(32,35)36/h5-13,18,22H,14-16H2,1-4H3,(H,33,34)/t18-,22?/m0/s1. The van der Waals surface area contributed by atoms with E-state index in [2.05, 4.69) is 10.3 Å². The van der Waals surface area contributed by atoms with E-state index in [1.807, 2.05) is 44.2 Å². The minimum absolute atomic E-state index is 0.121. The van der Waals surface area contributed by atoms with E-state index >= 15 is 0 Å². The summed E-state index contributed by atoms with van der Waals surface area (Å²) in [6.07, 6.45) is -0.518. The lowest BCUT2D eigenvalue weighted by Gasteiger charge is -2.24. The molecule has 0 bridgehead atoms. The third-order valence-corrected chi connectivity index (χ3v) is 8.92. The molecular weight excluding hydrogens is 520 g/mol. The first kappa shape index (κ1) is 26.6. The number of hydrogen-bond donors (Lipinski definition) is 1. The second-order valence-electron chi connectivity index (χ2n) is 9.81. The summed E-state index contributed by atoms with van der Waals surface area (Å²) in [5.41, 5.74) is 4.46. The molecule has 1 N–H and O–H groups in total. The van der Waals surface area contributed by atoms with Crippen LogP contribution in [0.4, 0.5) is 0 Å². The third kappa shape index (κ3) is 5.07. The molecule has 2 heterocycles. The van der Waals surface area contributed by atoms with Crippen molar-refractivity contribution >= 4 is 27.0 Å². The molecule has 1 aliphatic heterocycles. The third-order valence-electron chi connectivity index (χ3n) is 7.07. The van der Waals surface area contributed by atoms with Crippen LogP contribution in [-0.2, 0) is 28.4 Å². The number of aromatic nitrogens is 3. The SMILES string of the molecule is COc1cc(C(CC(=O)O)c2ccc(C)c(CN3C[C@H](C)Oc4ccccc4S3(=O)=O)c2)cc2nnn(C)c12. The van der Waals surface area contributed by atoms with Gasteiger partial charge in [-0.2, -0.15) is 4.31 Å². The number of aliphatic carboxylic acids is 1. The van der Waals surface area contributed by atoms with Crippen LogP contribution in [0, 0.1) is 6.92 Å². The average molecular weight is 551 g/mol. The molecule has 2 atom stereocenters. The van der Waals surface area contributed by atoms with Crippen LogP contribution in [0.2, 0.25) is 0 Å². The van der Waals surface area contributed by atoms with Gasteiger partial charge in [0.25, 0.3) is 0 Å². The molecule has 1 aliphatic rings. The molecule has 11 heteroatoms. The summed E-state index contributed by atoms with van der Waals surface area (Å²) < 4.78 is 41.7. The highest BCUT2D eigenvalue weighted by atomic mass is 32.2. The fourth-order valence-corrected chi connectivity index (χ4v) is 6.71. The van der Waals surface area contributed by atoms with E-state index < -0.39 is 21.9 Å². The van der Waals surface area contributed by atoms with Gasteiger partial charge in [-0.3, -0.25) is 4.79 Å². The molecule has 0 saturated heterocycles. The highest BCUT2D eigenvalue weighted by molar-refractivity contribution is 7.89. The van der Waals surface area contributed by atoms with Gasteiger partial charge in [-0.25, -0.2) is 13.1 Å². The molecule has 10 nitrogen and oxygen atoms in total. The van der Waals surface area contributed by atoms with Gasteiger partial charge in [-0.1, -0.05) is 35.5 Å². The second-order valence-corrected chi connectivity index (χ2v) is 11.7. The van der Waals surface area contributed by atoms with Gasteiger partial charge in [0.15, 0.2) is 0 Å². The minimum atomic E-state index is -3.82. The van der Waals surface area contributed by atoms with Crippen LogP contribution < -0.4 is 9.47 Å². The molecule has 1 unspecified atom stereocenters. The Balaban J connectivity index is 1.56. The Bertz CT molecular complexity index is 1670. The van der Waals surface area contributed by atoms with Gasteiger partial charge < -0.3 is 14.6 Å². The number of benzene rings is 3. The summed E-state index contributed by atoms with van der Waals surface area (Å²) in [6, 6.07) is 16.0. The Morgan fingerprint density at radius 1 is 1.18 bits per heavy atom. The maximum Gasteiger partial charge on any atom is 0.304 e. The van der Waals surface area contributed by atoms with E-state index in [-0.39, 0.29) is 30.5 Å². The van der Waals surface area contributed by atoms with Gasteiger partial charge in [-0.05, 0) is 60.4 Å². The molecule has 0 spiro atoms. The zero-order valence-corrected chi connectivity index (χ0v) is 23.0. The number of nitrogens with zero attached hydrogens (tertiary/aromatic N) is 4. The molecule has 3 aromatic carbocycles. The monoisotopic (exact) mass is 550 g/mol. The fraction of sp³-hybridized carbons (Fsp3) is 0.321. The zero-order chi connectivity index (χ0) is 27.9. The van der Waals surface area contributed by atoms with E-state index in [1.54, 1.807) is 43.1 Å². The number of hydrogen-bond acceptors (Lipinski definition) is 7. The molecule has 0 fully saturated rings. The Kier molecular flexibility index (Phi) is 7.04. The highest BCUT2D eigenvalue weighted by Gasteiger charge is 2.33. The molecule has 0 saturated carbocycles. The molecular formula is C28H30N4O6S. The van der Waals surface area contributed by atoms with Gasteiger partial charge in [0.05, 0.1) is 20.1 Å². The van der Waals surface area contributed by atoms with E-state index in [0.29, 0.717) is 22.5 Å². The molecule has 39 heavy (non-hydrogen) atoms. The maximum atomic E-state index is 13.6.